The normalized spacial score (nSPS) is 17.0. The molecule has 1 aliphatic heterocycles. The predicted molar refractivity (Wildman–Crippen MR) is 60.1 cm³/mol. The van der Waals surface area contributed by atoms with E-state index >= 15 is 0 Å². The van der Waals surface area contributed by atoms with E-state index in [1.54, 1.807) is 0 Å². The van der Waals surface area contributed by atoms with Crippen molar-refractivity contribution in [3.8, 4) is 0 Å². The molecule has 1 aliphatic rings. The molecule has 1 amide bonds. The highest BCUT2D eigenvalue weighted by molar-refractivity contribution is 7.79. The van der Waals surface area contributed by atoms with Gasteiger partial charge < -0.3 is 5.32 Å². The molecule has 0 aromatic heterocycles. The van der Waals surface area contributed by atoms with Gasteiger partial charge in [-0.3, -0.25) is 18.5 Å². The van der Waals surface area contributed by atoms with Crippen LogP contribution in [0.5, 0.6) is 0 Å². The minimum Gasteiger partial charge on any atom is -0.356 e. The monoisotopic (exact) mass is 309 g/mol. The maximum atomic E-state index is 10.6. The lowest BCUT2D eigenvalue weighted by atomic mass is 10.2. The lowest BCUT2D eigenvalue weighted by Crippen LogP contribution is -2.21. The molecule has 1 heterocycles. The van der Waals surface area contributed by atoms with Crippen LogP contribution in [0.3, 0.4) is 0 Å². The summed E-state index contributed by atoms with van der Waals surface area (Å²) in [6.45, 7) is 0.888. The maximum Gasteiger partial charge on any atom is 0.394 e. The fourth-order valence-corrected chi connectivity index (χ4v) is 0.904. The first-order valence-corrected chi connectivity index (χ1v) is 6.99. The fourth-order valence-electron chi connectivity index (χ4n) is 0.904. The Kier molecular flexibility index (Phi) is 12.5. The van der Waals surface area contributed by atoms with Crippen molar-refractivity contribution in [2.75, 3.05) is 6.54 Å². The Morgan fingerprint density at radius 3 is 2.06 bits per heavy atom. The van der Waals surface area contributed by atoms with Crippen molar-refractivity contribution in [3.05, 3.63) is 0 Å². The number of carbonyl (C=O) groups is 1. The zero-order valence-electron chi connectivity index (χ0n) is 9.18. The Hall–Kier alpha value is -0.630. The van der Waals surface area contributed by atoms with Crippen molar-refractivity contribution in [1.29, 1.82) is 0 Å². The standard InChI is InChI=1S/C6H11NO.2H2O4S/c8-6-4-2-1-3-5-7-6;1-5(2,3)4;1-4-5(2)3/h1-5H2,(H,7,8);(H2,1,2,3,4);1H,(H,2,3). The minimum atomic E-state index is -4.67. The summed E-state index contributed by atoms with van der Waals surface area (Å²) in [5.74, 6) is 0.225. The number of carbonyl (C=O) groups excluding carboxylic acids is 1. The molecule has 0 aromatic carbocycles. The number of rotatable bonds is 1. The van der Waals surface area contributed by atoms with E-state index in [-0.39, 0.29) is 5.91 Å². The number of hydrogen-bond donors (Lipinski definition) is 5. The van der Waals surface area contributed by atoms with Crippen LogP contribution in [0.2, 0.25) is 0 Å². The first-order chi connectivity index (χ1) is 8.16. The van der Waals surface area contributed by atoms with Crippen LogP contribution in [-0.4, -0.2) is 44.0 Å². The Labute approximate surface area is 106 Å². The van der Waals surface area contributed by atoms with Crippen molar-refractivity contribution in [2.45, 2.75) is 25.7 Å². The molecule has 1 fully saturated rings. The van der Waals surface area contributed by atoms with Crippen molar-refractivity contribution >= 4 is 27.7 Å². The van der Waals surface area contributed by atoms with Gasteiger partial charge in [0.1, 0.15) is 0 Å². The molecular weight excluding hydrogens is 294 g/mol. The van der Waals surface area contributed by atoms with Crippen molar-refractivity contribution in [2.24, 2.45) is 0 Å². The van der Waals surface area contributed by atoms with E-state index in [1.807, 2.05) is 0 Å². The quantitative estimate of drug-likeness (QED) is 0.188. The molecule has 0 bridgehead atoms. The molecule has 0 aliphatic carbocycles. The molecule has 1 rings (SSSR count). The Morgan fingerprint density at radius 1 is 1.22 bits per heavy atom. The van der Waals surface area contributed by atoms with Gasteiger partial charge in [0.25, 0.3) is 0 Å². The minimum absolute atomic E-state index is 0.225. The average Bonchev–Trinajstić information content (AvgIpc) is 2.44. The van der Waals surface area contributed by atoms with Crippen molar-refractivity contribution in [3.63, 3.8) is 0 Å². The number of hydrogen-bond acceptors (Lipinski definition) is 6. The van der Waals surface area contributed by atoms with Crippen LogP contribution in [0.25, 0.3) is 0 Å². The van der Waals surface area contributed by atoms with E-state index < -0.39 is 21.8 Å². The second-order valence-corrected chi connectivity index (χ2v) is 4.38. The van der Waals surface area contributed by atoms with Gasteiger partial charge in [-0.15, -0.1) is 4.33 Å². The Balaban J connectivity index is 0. The third-order valence-electron chi connectivity index (χ3n) is 1.47. The van der Waals surface area contributed by atoms with Crippen molar-refractivity contribution < 1.29 is 40.7 Å². The predicted octanol–water partition coefficient (Wildman–Crippen LogP) is -0.363. The van der Waals surface area contributed by atoms with E-state index in [0.29, 0.717) is 0 Å². The molecule has 110 valence electrons. The van der Waals surface area contributed by atoms with Crippen molar-refractivity contribution in [1.82, 2.24) is 5.32 Å². The van der Waals surface area contributed by atoms with Gasteiger partial charge in [-0.25, -0.2) is 5.26 Å². The summed E-state index contributed by atoms with van der Waals surface area (Å²) < 4.78 is 50.7. The molecule has 12 heteroatoms. The highest BCUT2D eigenvalue weighted by atomic mass is 32.3. The largest absolute Gasteiger partial charge is 0.394 e. The molecule has 5 N–H and O–H groups in total. The SMILES string of the molecule is O=C1CCCCCN1.O=S(=O)(O)O.O=S(O)OO. The first-order valence-electron chi connectivity index (χ1n) is 4.56. The van der Waals surface area contributed by atoms with Gasteiger partial charge in [-0.2, -0.15) is 12.6 Å². The fraction of sp³-hybridized carbons (Fsp3) is 0.833. The summed E-state index contributed by atoms with van der Waals surface area (Å²) in [7, 11) is -4.67. The lowest BCUT2D eigenvalue weighted by Gasteiger charge is -1.93. The van der Waals surface area contributed by atoms with E-state index in [2.05, 4.69) is 9.65 Å². The summed E-state index contributed by atoms with van der Waals surface area (Å²) in [6.07, 6.45) is 4.18. The second-order valence-electron chi connectivity index (χ2n) is 2.90. The third-order valence-corrected chi connectivity index (χ3v) is 1.59. The van der Waals surface area contributed by atoms with Gasteiger partial charge in [0.2, 0.25) is 5.91 Å². The summed E-state index contributed by atoms with van der Waals surface area (Å²) in [5.41, 5.74) is 0. The van der Waals surface area contributed by atoms with Gasteiger partial charge in [0.15, 0.2) is 0 Å². The van der Waals surface area contributed by atoms with E-state index in [1.165, 1.54) is 6.42 Å². The van der Waals surface area contributed by atoms with Crippen LogP contribution >= 0.6 is 0 Å². The smallest absolute Gasteiger partial charge is 0.356 e. The molecule has 1 saturated heterocycles. The van der Waals surface area contributed by atoms with Crippen LogP contribution in [0.4, 0.5) is 0 Å². The van der Waals surface area contributed by atoms with Crippen LogP contribution < -0.4 is 5.32 Å². The Bertz CT molecular complexity index is 323. The first kappa shape index (κ1) is 19.7. The van der Waals surface area contributed by atoms with Crippen LogP contribution in [0.1, 0.15) is 25.7 Å². The van der Waals surface area contributed by atoms with Crippen LogP contribution in [0, 0.1) is 0 Å². The molecule has 1 atom stereocenters. The van der Waals surface area contributed by atoms with Crippen LogP contribution in [0.15, 0.2) is 0 Å². The van der Waals surface area contributed by atoms with Crippen LogP contribution in [-0.2, 0) is 30.9 Å². The Morgan fingerprint density at radius 2 is 1.67 bits per heavy atom. The van der Waals surface area contributed by atoms with E-state index in [9.17, 15) is 4.79 Å². The molecule has 0 spiro atoms. The van der Waals surface area contributed by atoms with Gasteiger partial charge in [0.05, 0.1) is 0 Å². The van der Waals surface area contributed by atoms with E-state index in [4.69, 9.17) is 31.5 Å². The summed E-state index contributed by atoms with van der Waals surface area (Å²) >= 11 is -2.52. The molecule has 0 aromatic rings. The summed E-state index contributed by atoms with van der Waals surface area (Å²) in [6, 6.07) is 0. The third kappa shape index (κ3) is 29.5. The van der Waals surface area contributed by atoms with Gasteiger partial charge in [-0.05, 0) is 12.8 Å². The average molecular weight is 309 g/mol. The highest BCUT2D eigenvalue weighted by Gasteiger charge is 2.03. The second kappa shape index (κ2) is 11.5. The molecule has 1 unspecified atom stereocenters. The zero-order chi connectivity index (χ0) is 14.6. The summed E-state index contributed by atoms with van der Waals surface area (Å²) in [4.78, 5) is 10.6. The van der Waals surface area contributed by atoms with Gasteiger partial charge >= 0.3 is 21.8 Å². The molecule has 18 heavy (non-hydrogen) atoms. The molecule has 10 nitrogen and oxygen atoms in total. The van der Waals surface area contributed by atoms with Gasteiger partial charge in [0, 0.05) is 13.0 Å². The maximum absolute atomic E-state index is 10.6. The molecular formula is C6H15NO9S2. The van der Waals surface area contributed by atoms with E-state index in [0.717, 1.165) is 25.8 Å². The molecule has 0 saturated carbocycles. The lowest BCUT2D eigenvalue weighted by molar-refractivity contribution is -0.131. The topological polar surface area (TPSA) is 170 Å². The molecule has 0 radical (unpaired) electrons. The van der Waals surface area contributed by atoms with Gasteiger partial charge in [-0.1, -0.05) is 6.42 Å². The highest BCUT2D eigenvalue weighted by Crippen LogP contribution is 2.02. The number of amides is 1. The summed E-state index contributed by atoms with van der Waals surface area (Å²) in [5, 5.41) is 9.90. The zero-order valence-corrected chi connectivity index (χ0v) is 10.8. The number of nitrogens with one attached hydrogen (secondary N) is 1.